The number of amides is 1. The SMILES string of the molecule is CN1CCC(NC(=O)C#N)C1. The summed E-state index contributed by atoms with van der Waals surface area (Å²) in [6, 6.07) is 1.71. The van der Waals surface area contributed by atoms with Crippen LogP contribution >= 0.6 is 0 Å². The monoisotopic (exact) mass is 153 g/mol. The second-order valence-corrected chi connectivity index (χ2v) is 2.83. The average molecular weight is 153 g/mol. The van der Waals surface area contributed by atoms with Crippen LogP contribution in [0.25, 0.3) is 0 Å². The first-order valence-electron chi connectivity index (χ1n) is 3.61. The first-order chi connectivity index (χ1) is 5.22. The highest BCUT2D eigenvalue weighted by molar-refractivity contribution is 5.91. The lowest BCUT2D eigenvalue weighted by atomic mass is 10.2. The van der Waals surface area contributed by atoms with E-state index in [4.69, 9.17) is 5.26 Å². The number of hydrogen-bond donors (Lipinski definition) is 1. The molecule has 0 aromatic heterocycles. The number of rotatable bonds is 1. The molecule has 4 nitrogen and oxygen atoms in total. The molecule has 1 aliphatic rings. The van der Waals surface area contributed by atoms with Crippen molar-refractivity contribution in [2.24, 2.45) is 0 Å². The number of carbonyl (C=O) groups excluding carboxylic acids is 1. The van der Waals surface area contributed by atoms with E-state index >= 15 is 0 Å². The summed E-state index contributed by atoms with van der Waals surface area (Å²) < 4.78 is 0. The molecule has 1 N–H and O–H groups in total. The molecule has 1 unspecified atom stereocenters. The molecule has 11 heavy (non-hydrogen) atoms. The zero-order valence-corrected chi connectivity index (χ0v) is 6.50. The Morgan fingerprint density at radius 2 is 2.55 bits per heavy atom. The molecule has 0 bridgehead atoms. The van der Waals surface area contributed by atoms with E-state index in [0.29, 0.717) is 0 Å². The first kappa shape index (κ1) is 8.02. The number of likely N-dealkylation sites (N-methyl/N-ethyl adjacent to an activating group) is 1. The molecule has 0 aliphatic carbocycles. The van der Waals surface area contributed by atoms with E-state index in [1.54, 1.807) is 0 Å². The zero-order chi connectivity index (χ0) is 8.27. The molecule has 1 fully saturated rings. The van der Waals surface area contributed by atoms with Crippen LogP contribution in [0.3, 0.4) is 0 Å². The number of nitrogens with one attached hydrogen (secondary N) is 1. The van der Waals surface area contributed by atoms with Gasteiger partial charge in [0.2, 0.25) is 0 Å². The van der Waals surface area contributed by atoms with E-state index in [1.807, 2.05) is 7.05 Å². The van der Waals surface area contributed by atoms with Gasteiger partial charge in [0.1, 0.15) is 0 Å². The Labute approximate surface area is 65.8 Å². The van der Waals surface area contributed by atoms with Crippen LogP contribution in [0.1, 0.15) is 6.42 Å². The Hall–Kier alpha value is -1.08. The molecule has 60 valence electrons. The van der Waals surface area contributed by atoms with Gasteiger partial charge in [-0.3, -0.25) is 4.79 Å². The van der Waals surface area contributed by atoms with Crippen LogP contribution < -0.4 is 5.32 Å². The average Bonchev–Trinajstić information content (AvgIpc) is 2.35. The number of hydrogen-bond acceptors (Lipinski definition) is 3. The van der Waals surface area contributed by atoms with Gasteiger partial charge >= 0.3 is 5.91 Å². The third-order valence-electron chi connectivity index (χ3n) is 1.83. The molecule has 1 heterocycles. The third-order valence-corrected chi connectivity index (χ3v) is 1.83. The van der Waals surface area contributed by atoms with Gasteiger partial charge in [-0.2, -0.15) is 5.26 Å². The summed E-state index contributed by atoms with van der Waals surface area (Å²) in [5.74, 6) is -0.523. The van der Waals surface area contributed by atoms with Crippen LogP contribution in [0.15, 0.2) is 0 Å². The Bertz CT molecular complexity index is 196. The highest BCUT2D eigenvalue weighted by atomic mass is 16.1. The summed E-state index contributed by atoms with van der Waals surface area (Å²) in [5, 5.41) is 10.8. The van der Waals surface area contributed by atoms with E-state index < -0.39 is 5.91 Å². The largest absolute Gasteiger partial charge is 0.339 e. The minimum Gasteiger partial charge on any atom is -0.339 e. The molecule has 0 saturated carbocycles. The van der Waals surface area contributed by atoms with Gasteiger partial charge in [0.15, 0.2) is 6.07 Å². The molecule has 0 aromatic carbocycles. The molecule has 1 aliphatic heterocycles. The number of nitriles is 1. The summed E-state index contributed by atoms with van der Waals surface area (Å²) in [6.45, 7) is 1.85. The zero-order valence-electron chi connectivity index (χ0n) is 6.50. The Morgan fingerprint density at radius 1 is 1.82 bits per heavy atom. The summed E-state index contributed by atoms with van der Waals surface area (Å²) in [6.07, 6.45) is 0.948. The van der Waals surface area contributed by atoms with Crippen molar-refractivity contribution in [2.75, 3.05) is 20.1 Å². The molecular formula is C7H11N3O. The molecule has 4 heteroatoms. The van der Waals surface area contributed by atoms with Crippen molar-refractivity contribution < 1.29 is 4.79 Å². The van der Waals surface area contributed by atoms with Gasteiger partial charge in [-0.25, -0.2) is 0 Å². The van der Waals surface area contributed by atoms with Gasteiger partial charge in [0.05, 0.1) is 0 Å². The lowest BCUT2D eigenvalue weighted by molar-refractivity contribution is -0.116. The van der Waals surface area contributed by atoms with E-state index in [-0.39, 0.29) is 6.04 Å². The molecule has 1 amide bonds. The van der Waals surface area contributed by atoms with E-state index in [2.05, 4.69) is 10.2 Å². The van der Waals surface area contributed by atoms with Crippen LogP contribution in [0.4, 0.5) is 0 Å². The second-order valence-electron chi connectivity index (χ2n) is 2.83. The Balaban J connectivity index is 2.30. The van der Waals surface area contributed by atoms with Crippen LogP contribution in [0.2, 0.25) is 0 Å². The maximum Gasteiger partial charge on any atom is 0.322 e. The maximum atomic E-state index is 10.6. The molecule has 0 spiro atoms. The standard InChI is InChI=1S/C7H11N3O/c1-10-3-2-6(5-10)9-7(11)4-8/h6H,2-3,5H2,1H3,(H,9,11). The lowest BCUT2D eigenvalue weighted by Crippen LogP contribution is -2.35. The highest BCUT2D eigenvalue weighted by Gasteiger charge is 2.20. The van der Waals surface area contributed by atoms with Crippen LogP contribution in [0.5, 0.6) is 0 Å². The van der Waals surface area contributed by atoms with Crippen LogP contribution in [-0.2, 0) is 4.79 Å². The molecule has 1 saturated heterocycles. The third kappa shape index (κ3) is 2.20. The number of carbonyl (C=O) groups is 1. The fourth-order valence-corrected chi connectivity index (χ4v) is 1.27. The van der Waals surface area contributed by atoms with Crippen molar-refractivity contribution in [3.8, 4) is 6.07 Å². The van der Waals surface area contributed by atoms with E-state index in [0.717, 1.165) is 19.5 Å². The predicted octanol–water partition coefficient (Wildman–Crippen LogP) is -0.670. The van der Waals surface area contributed by atoms with Gasteiger partial charge < -0.3 is 10.2 Å². The second kappa shape index (κ2) is 3.35. The lowest BCUT2D eigenvalue weighted by Gasteiger charge is -2.09. The smallest absolute Gasteiger partial charge is 0.322 e. The van der Waals surface area contributed by atoms with Gasteiger partial charge in [0, 0.05) is 12.6 Å². The highest BCUT2D eigenvalue weighted by Crippen LogP contribution is 2.05. The van der Waals surface area contributed by atoms with Crippen molar-refractivity contribution in [3.05, 3.63) is 0 Å². The van der Waals surface area contributed by atoms with E-state index in [9.17, 15) is 4.79 Å². The van der Waals surface area contributed by atoms with Gasteiger partial charge in [0.25, 0.3) is 0 Å². The topological polar surface area (TPSA) is 56.1 Å². The molecule has 1 rings (SSSR count). The van der Waals surface area contributed by atoms with E-state index in [1.165, 1.54) is 6.07 Å². The summed E-state index contributed by atoms with van der Waals surface area (Å²) in [5.41, 5.74) is 0. The first-order valence-corrected chi connectivity index (χ1v) is 3.61. The van der Waals surface area contributed by atoms with Crippen molar-refractivity contribution in [3.63, 3.8) is 0 Å². The summed E-state index contributed by atoms with van der Waals surface area (Å²) in [4.78, 5) is 12.7. The van der Waals surface area contributed by atoms with Crippen molar-refractivity contribution in [1.82, 2.24) is 10.2 Å². The molecule has 1 atom stereocenters. The fourth-order valence-electron chi connectivity index (χ4n) is 1.27. The minimum atomic E-state index is -0.523. The predicted molar refractivity (Wildman–Crippen MR) is 39.7 cm³/mol. The van der Waals surface area contributed by atoms with Gasteiger partial charge in [-0.15, -0.1) is 0 Å². The number of nitrogens with zero attached hydrogens (tertiary/aromatic N) is 2. The molecule has 0 aromatic rings. The van der Waals surface area contributed by atoms with Crippen molar-refractivity contribution in [1.29, 1.82) is 5.26 Å². The van der Waals surface area contributed by atoms with Crippen molar-refractivity contribution in [2.45, 2.75) is 12.5 Å². The summed E-state index contributed by atoms with van der Waals surface area (Å²) in [7, 11) is 2.00. The maximum absolute atomic E-state index is 10.6. The van der Waals surface area contributed by atoms with Gasteiger partial charge in [-0.05, 0) is 20.0 Å². The quantitative estimate of drug-likeness (QED) is 0.508. The molecular weight excluding hydrogens is 142 g/mol. The fraction of sp³-hybridized carbons (Fsp3) is 0.714. The Morgan fingerprint density at radius 3 is 3.00 bits per heavy atom. The summed E-state index contributed by atoms with van der Waals surface area (Å²) >= 11 is 0. The normalized spacial score (nSPS) is 24.5. The van der Waals surface area contributed by atoms with Crippen LogP contribution in [-0.4, -0.2) is 37.0 Å². The Kier molecular flexibility index (Phi) is 2.44. The van der Waals surface area contributed by atoms with Crippen molar-refractivity contribution >= 4 is 5.91 Å². The minimum absolute atomic E-state index is 0.173. The molecule has 0 radical (unpaired) electrons. The number of likely N-dealkylation sites (tertiary alicyclic amines) is 1. The van der Waals surface area contributed by atoms with Crippen LogP contribution in [0, 0.1) is 11.3 Å². The van der Waals surface area contributed by atoms with Gasteiger partial charge in [-0.1, -0.05) is 0 Å².